The number of thiazole rings is 1. The van der Waals surface area contributed by atoms with Crippen LogP contribution in [0.2, 0.25) is 0 Å². The first-order valence-electron chi connectivity index (χ1n) is 5.92. The molecule has 2 rings (SSSR count). The molecule has 0 aliphatic heterocycles. The van der Waals surface area contributed by atoms with Gasteiger partial charge in [-0.3, -0.25) is 0 Å². The minimum Gasteiger partial charge on any atom is -0.491 e. The first-order chi connectivity index (χ1) is 8.13. The van der Waals surface area contributed by atoms with Crippen molar-refractivity contribution in [2.75, 3.05) is 12.4 Å². The van der Waals surface area contributed by atoms with Crippen molar-refractivity contribution in [1.82, 2.24) is 4.98 Å². The summed E-state index contributed by atoms with van der Waals surface area (Å²) >= 11 is 1.67. The molecule has 0 spiro atoms. The molecule has 0 radical (unpaired) electrons. The van der Waals surface area contributed by atoms with Crippen LogP contribution in [0.5, 0.6) is 5.75 Å². The van der Waals surface area contributed by atoms with Crippen LogP contribution in [0.25, 0.3) is 10.2 Å². The number of aromatic nitrogens is 1. The van der Waals surface area contributed by atoms with Gasteiger partial charge >= 0.3 is 0 Å². The maximum atomic E-state index is 5.77. The number of rotatable bonds is 4. The normalized spacial score (nSPS) is 11.1. The largest absolute Gasteiger partial charge is 0.491 e. The Kier molecular flexibility index (Phi) is 3.52. The first kappa shape index (κ1) is 12.2. The third kappa shape index (κ3) is 2.52. The van der Waals surface area contributed by atoms with Gasteiger partial charge in [0.05, 0.1) is 16.3 Å². The van der Waals surface area contributed by atoms with E-state index in [1.807, 2.05) is 20.9 Å². The molecule has 0 aliphatic carbocycles. The van der Waals surface area contributed by atoms with E-state index in [1.165, 1.54) is 10.3 Å². The predicted molar refractivity (Wildman–Crippen MR) is 74.3 cm³/mol. The predicted octanol–water partition coefficient (Wildman–Crippen LogP) is 3.69. The molecule has 1 N–H and O–H groups in total. The Hall–Kier alpha value is -1.29. The molecule has 0 saturated heterocycles. The minimum absolute atomic E-state index is 0.203. The molecule has 1 heterocycles. The lowest BCUT2D eigenvalue weighted by molar-refractivity contribution is 0.242. The fourth-order valence-corrected chi connectivity index (χ4v) is 2.68. The summed E-state index contributed by atoms with van der Waals surface area (Å²) in [4.78, 5) is 4.57. The molecule has 0 atom stereocenters. The van der Waals surface area contributed by atoms with Gasteiger partial charge in [-0.25, -0.2) is 4.98 Å². The Morgan fingerprint density at radius 2 is 2.18 bits per heavy atom. The number of benzene rings is 1. The minimum atomic E-state index is 0.203. The molecule has 0 amide bonds. The Labute approximate surface area is 106 Å². The molecule has 92 valence electrons. The number of hydrogen-bond donors (Lipinski definition) is 1. The number of fused-ring (bicyclic) bond motifs is 1. The van der Waals surface area contributed by atoms with Crippen LogP contribution in [0, 0.1) is 0 Å². The van der Waals surface area contributed by atoms with Gasteiger partial charge < -0.3 is 10.1 Å². The standard InChI is InChI=1S/C13H18N2OS/c1-5-9-6-10(16-8(2)3)7-11-12(9)15-13(14-4)17-11/h6-8H,5H2,1-4H3,(H,14,15). The van der Waals surface area contributed by atoms with Gasteiger partial charge in [-0.15, -0.1) is 0 Å². The molecule has 0 saturated carbocycles. The van der Waals surface area contributed by atoms with Crippen LogP contribution >= 0.6 is 11.3 Å². The lowest BCUT2D eigenvalue weighted by atomic mass is 10.1. The Morgan fingerprint density at radius 3 is 2.76 bits per heavy atom. The lowest BCUT2D eigenvalue weighted by Crippen LogP contribution is -2.05. The van der Waals surface area contributed by atoms with Crippen LogP contribution < -0.4 is 10.1 Å². The van der Waals surface area contributed by atoms with Crippen LogP contribution in [0.1, 0.15) is 26.3 Å². The summed E-state index contributed by atoms with van der Waals surface area (Å²) in [5.41, 5.74) is 2.34. The van der Waals surface area contributed by atoms with Crippen LogP contribution in [-0.2, 0) is 6.42 Å². The van der Waals surface area contributed by atoms with Crippen LogP contribution in [-0.4, -0.2) is 18.1 Å². The molecule has 3 nitrogen and oxygen atoms in total. The second kappa shape index (κ2) is 4.92. The second-order valence-corrected chi connectivity index (χ2v) is 5.25. The summed E-state index contributed by atoms with van der Waals surface area (Å²) in [6, 6.07) is 4.18. The Balaban J connectivity index is 2.52. The van der Waals surface area contributed by atoms with Crippen molar-refractivity contribution in [2.24, 2.45) is 0 Å². The van der Waals surface area contributed by atoms with E-state index in [2.05, 4.69) is 29.4 Å². The lowest BCUT2D eigenvalue weighted by Gasteiger charge is -2.10. The van der Waals surface area contributed by atoms with Gasteiger partial charge in [-0.05, 0) is 38.0 Å². The van der Waals surface area contributed by atoms with Crippen molar-refractivity contribution in [3.05, 3.63) is 17.7 Å². The number of nitrogens with one attached hydrogen (secondary N) is 1. The highest BCUT2D eigenvalue weighted by Gasteiger charge is 2.10. The average Bonchev–Trinajstić information content (AvgIpc) is 2.69. The quantitative estimate of drug-likeness (QED) is 0.898. The summed E-state index contributed by atoms with van der Waals surface area (Å²) in [6.07, 6.45) is 1.17. The smallest absolute Gasteiger partial charge is 0.183 e. The number of ether oxygens (including phenoxy) is 1. The highest BCUT2D eigenvalue weighted by atomic mass is 32.1. The zero-order valence-electron chi connectivity index (χ0n) is 10.7. The third-order valence-corrected chi connectivity index (χ3v) is 3.53. The molecule has 2 aromatic rings. The van der Waals surface area contributed by atoms with Crippen molar-refractivity contribution in [3.8, 4) is 5.75 Å². The number of aryl methyl sites for hydroxylation is 1. The molecule has 0 bridgehead atoms. The van der Waals surface area contributed by atoms with E-state index in [0.717, 1.165) is 22.8 Å². The summed E-state index contributed by atoms with van der Waals surface area (Å²) in [6.45, 7) is 6.23. The number of anilines is 1. The van der Waals surface area contributed by atoms with Gasteiger partial charge in [-0.2, -0.15) is 0 Å². The highest BCUT2D eigenvalue weighted by molar-refractivity contribution is 7.22. The molecule has 0 unspecified atom stereocenters. The van der Waals surface area contributed by atoms with E-state index in [0.29, 0.717) is 0 Å². The fraction of sp³-hybridized carbons (Fsp3) is 0.462. The van der Waals surface area contributed by atoms with E-state index in [4.69, 9.17) is 4.74 Å². The third-order valence-electron chi connectivity index (χ3n) is 2.51. The van der Waals surface area contributed by atoms with E-state index in [9.17, 15) is 0 Å². The van der Waals surface area contributed by atoms with Gasteiger partial charge in [-0.1, -0.05) is 18.3 Å². The van der Waals surface area contributed by atoms with E-state index < -0.39 is 0 Å². The monoisotopic (exact) mass is 250 g/mol. The van der Waals surface area contributed by atoms with E-state index in [1.54, 1.807) is 11.3 Å². The Morgan fingerprint density at radius 1 is 1.41 bits per heavy atom. The molecule has 1 aromatic carbocycles. The SMILES string of the molecule is CCc1cc(OC(C)C)cc2sc(NC)nc12. The van der Waals surface area contributed by atoms with Gasteiger partial charge in [0, 0.05) is 7.05 Å². The summed E-state index contributed by atoms with van der Waals surface area (Å²) in [5.74, 6) is 0.940. The molecular weight excluding hydrogens is 232 g/mol. The number of nitrogens with zero attached hydrogens (tertiary/aromatic N) is 1. The van der Waals surface area contributed by atoms with Crippen molar-refractivity contribution < 1.29 is 4.74 Å². The average molecular weight is 250 g/mol. The van der Waals surface area contributed by atoms with Crippen molar-refractivity contribution in [1.29, 1.82) is 0 Å². The van der Waals surface area contributed by atoms with Crippen molar-refractivity contribution in [3.63, 3.8) is 0 Å². The van der Waals surface area contributed by atoms with Crippen LogP contribution in [0.4, 0.5) is 5.13 Å². The van der Waals surface area contributed by atoms with E-state index >= 15 is 0 Å². The maximum absolute atomic E-state index is 5.77. The van der Waals surface area contributed by atoms with E-state index in [-0.39, 0.29) is 6.10 Å². The summed E-state index contributed by atoms with van der Waals surface area (Å²) < 4.78 is 6.95. The zero-order valence-corrected chi connectivity index (χ0v) is 11.5. The van der Waals surface area contributed by atoms with Gasteiger partial charge in [0.25, 0.3) is 0 Å². The number of hydrogen-bond acceptors (Lipinski definition) is 4. The molecule has 4 heteroatoms. The molecule has 17 heavy (non-hydrogen) atoms. The molecular formula is C13H18N2OS. The highest BCUT2D eigenvalue weighted by Crippen LogP contribution is 2.32. The van der Waals surface area contributed by atoms with Gasteiger partial charge in [0.1, 0.15) is 5.75 Å². The molecule has 1 aromatic heterocycles. The summed E-state index contributed by atoms with van der Waals surface area (Å²) in [7, 11) is 1.90. The first-order valence-corrected chi connectivity index (χ1v) is 6.73. The van der Waals surface area contributed by atoms with Crippen molar-refractivity contribution >= 4 is 26.7 Å². The van der Waals surface area contributed by atoms with Crippen molar-refractivity contribution in [2.45, 2.75) is 33.3 Å². The molecule has 0 fully saturated rings. The van der Waals surface area contributed by atoms with Gasteiger partial charge in [0.2, 0.25) is 0 Å². The summed E-state index contributed by atoms with van der Waals surface area (Å²) in [5, 5.41) is 4.05. The topological polar surface area (TPSA) is 34.1 Å². The fourth-order valence-electron chi connectivity index (χ4n) is 1.79. The van der Waals surface area contributed by atoms with Crippen LogP contribution in [0.15, 0.2) is 12.1 Å². The Bertz CT molecular complexity index is 519. The maximum Gasteiger partial charge on any atom is 0.183 e. The zero-order chi connectivity index (χ0) is 12.4. The van der Waals surface area contributed by atoms with Gasteiger partial charge in [0.15, 0.2) is 5.13 Å². The second-order valence-electron chi connectivity index (χ2n) is 4.22. The van der Waals surface area contributed by atoms with Crippen LogP contribution in [0.3, 0.4) is 0 Å². The molecule has 0 aliphatic rings.